The number of oxazole rings is 1. The van der Waals surface area contributed by atoms with Gasteiger partial charge in [0.15, 0.2) is 11.7 Å². The molecule has 0 aliphatic rings. The second-order valence-corrected chi connectivity index (χ2v) is 6.13. The second-order valence-electron chi connectivity index (χ2n) is 6.13. The molecule has 3 rings (SSSR count). The smallest absolute Gasteiger partial charge is 0.223 e. The van der Waals surface area contributed by atoms with Gasteiger partial charge in [0.25, 0.3) is 0 Å². The number of nitrogens with zero attached hydrogens (tertiary/aromatic N) is 3. The highest BCUT2D eigenvalue weighted by atomic mass is 16.4. The van der Waals surface area contributed by atoms with Crippen molar-refractivity contribution in [2.45, 2.75) is 32.7 Å². The lowest BCUT2D eigenvalue weighted by Crippen LogP contribution is -2.33. The molecule has 2 aromatic heterocycles. The predicted octanol–water partition coefficient (Wildman–Crippen LogP) is 4.28. The minimum absolute atomic E-state index is 0.00867. The molecule has 0 spiro atoms. The van der Waals surface area contributed by atoms with Crippen molar-refractivity contribution < 1.29 is 9.21 Å². The molecule has 134 valence electrons. The van der Waals surface area contributed by atoms with Crippen LogP contribution in [0.15, 0.2) is 65.5 Å². The Hall–Kier alpha value is -2.95. The minimum Gasteiger partial charge on any atom is -0.441 e. The van der Waals surface area contributed by atoms with E-state index in [4.69, 9.17) is 4.42 Å². The van der Waals surface area contributed by atoms with Gasteiger partial charge in [0.2, 0.25) is 5.91 Å². The van der Waals surface area contributed by atoms with Crippen LogP contribution in [-0.2, 0) is 11.2 Å². The lowest BCUT2D eigenvalue weighted by molar-refractivity contribution is -0.133. The lowest BCUT2D eigenvalue weighted by atomic mass is 10.1. The molecule has 0 unspecified atom stereocenters. The Labute approximate surface area is 153 Å². The number of hydrogen-bond acceptors (Lipinski definition) is 4. The van der Waals surface area contributed by atoms with Crippen LogP contribution in [0.4, 0.5) is 0 Å². The molecule has 1 atom stereocenters. The van der Waals surface area contributed by atoms with E-state index in [0.29, 0.717) is 25.3 Å². The molecule has 1 amide bonds. The number of rotatable bonds is 7. The maximum Gasteiger partial charge on any atom is 0.223 e. The Morgan fingerprint density at radius 2 is 1.96 bits per heavy atom. The monoisotopic (exact) mass is 349 g/mol. The quantitative estimate of drug-likeness (QED) is 0.639. The van der Waals surface area contributed by atoms with Crippen LogP contribution in [0, 0.1) is 0 Å². The average Bonchev–Trinajstić information content (AvgIpc) is 3.17. The molecule has 0 N–H and O–H groups in total. The summed E-state index contributed by atoms with van der Waals surface area (Å²) in [7, 11) is 0. The highest BCUT2D eigenvalue weighted by molar-refractivity contribution is 5.76. The Balaban J connectivity index is 1.62. The molecule has 26 heavy (non-hydrogen) atoms. The van der Waals surface area contributed by atoms with E-state index in [1.807, 2.05) is 61.2 Å². The first kappa shape index (κ1) is 17.9. The van der Waals surface area contributed by atoms with Crippen molar-refractivity contribution >= 4 is 5.91 Å². The molecule has 1 aromatic carbocycles. The van der Waals surface area contributed by atoms with Gasteiger partial charge < -0.3 is 9.32 Å². The van der Waals surface area contributed by atoms with Crippen molar-refractivity contribution in [3.8, 4) is 11.3 Å². The minimum atomic E-state index is -0.00867. The standard InChI is InChI=1S/C21H23N3O2/c1-3-24(16(2)18-10-7-13-22-14-18)21(25)12-11-20-23-15-19(26-20)17-8-5-4-6-9-17/h4-10,13-16H,3,11-12H2,1-2H3/t16-/m0/s1. The Morgan fingerprint density at radius 1 is 1.15 bits per heavy atom. The number of pyridine rings is 1. The van der Waals surface area contributed by atoms with Gasteiger partial charge in [-0.15, -0.1) is 0 Å². The third-order valence-corrected chi connectivity index (χ3v) is 4.46. The van der Waals surface area contributed by atoms with Crippen molar-refractivity contribution in [1.29, 1.82) is 0 Å². The maximum atomic E-state index is 12.7. The first-order chi connectivity index (χ1) is 12.7. The largest absolute Gasteiger partial charge is 0.441 e. The van der Waals surface area contributed by atoms with Gasteiger partial charge >= 0.3 is 0 Å². The summed E-state index contributed by atoms with van der Waals surface area (Å²) in [5, 5.41) is 0. The summed E-state index contributed by atoms with van der Waals surface area (Å²) in [6.07, 6.45) is 6.11. The highest BCUT2D eigenvalue weighted by Gasteiger charge is 2.20. The summed E-state index contributed by atoms with van der Waals surface area (Å²) in [5.41, 5.74) is 2.02. The molecule has 5 nitrogen and oxygen atoms in total. The first-order valence-electron chi connectivity index (χ1n) is 8.88. The Kier molecular flexibility index (Phi) is 5.79. The van der Waals surface area contributed by atoms with Gasteiger partial charge in [0.05, 0.1) is 12.2 Å². The molecular formula is C21H23N3O2. The average molecular weight is 349 g/mol. The van der Waals surface area contributed by atoms with Gasteiger partial charge in [0.1, 0.15) is 0 Å². The Morgan fingerprint density at radius 3 is 2.65 bits per heavy atom. The number of carbonyl (C=O) groups excluding carboxylic acids is 1. The molecule has 5 heteroatoms. The van der Waals surface area contributed by atoms with Crippen molar-refractivity contribution in [3.63, 3.8) is 0 Å². The highest BCUT2D eigenvalue weighted by Crippen LogP contribution is 2.22. The lowest BCUT2D eigenvalue weighted by Gasteiger charge is -2.28. The molecule has 0 aliphatic heterocycles. The van der Waals surface area contributed by atoms with Gasteiger partial charge in [-0.2, -0.15) is 0 Å². The number of hydrogen-bond donors (Lipinski definition) is 0. The summed E-state index contributed by atoms with van der Waals surface area (Å²) >= 11 is 0. The van der Waals surface area contributed by atoms with Crippen LogP contribution in [0.3, 0.4) is 0 Å². The Bertz CT molecular complexity index is 831. The fourth-order valence-electron chi connectivity index (χ4n) is 2.99. The predicted molar refractivity (Wildman–Crippen MR) is 100 cm³/mol. The van der Waals surface area contributed by atoms with E-state index in [0.717, 1.165) is 16.9 Å². The fraction of sp³-hybridized carbons (Fsp3) is 0.286. The van der Waals surface area contributed by atoms with Crippen LogP contribution in [0.1, 0.15) is 37.8 Å². The number of aromatic nitrogens is 2. The fourth-order valence-corrected chi connectivity index (χ4v) is 2.99. The van der Waals surface area contributed by atoms with E-state index in [1.54, 1.807) is 18.6 Å². The zero-order valence-corrected chi connectivity index (χ0v) is 15.1. The van der Waals surface area contributed by atoms with Crippen molar-refractivity contribution in [1.82, 2.24) is 14.9 Å². The molecule has 0 aliphatic carbocycles. The van der Waals surface area contributed by atoms with Gasteiger partial charge in [0, 0.05) is 37.3 Å². The van der Waals surface area contributed by atoms with E-state index in [9.17, 15) is 4.79 Å². The third kappa shape index (κ3) is 4.17. The van der Waals surface area contributed by atoms with Crippen LogP contribution in [0.2, 0.25) is 0 Å². The topological polar surface area (TPSA) is 59.2 Å². The van der Waals surface area contributed by atoms with Gasteiger partial charge in [-0.3, -0.25) is 9.78 Å². The maximum absolute atomic E-state index is 12.7. The van der Waals surface area contributed by atoms with Crippen LogP contribution in [0.25, 0.3) is 11.3 Å². The zero-order chi connectivity index (χ0) is 18.4. The molecule has 2 heterocycles. The summed E-state index contributed by atoms with van der Waals surface area (Å²) in [4.78, 5) is 23.0. The zero-order valence-electron chi connectivity index (χ0n) is 15.1. The van der Waals surface area contributed by atoms with Crippen molar-refractivity contribution in [3.05, 3.63) is 72.5 Å². The molecule has 0 saturated heterocycles. The SMILES string of the molecule is CCN(C(=O)CCc1ncc(-c2ccccc2)o1)[C@@H](C)c1cccnc1. The van der Waals surface area contributed by atoms with Crippen LogP contribution in [-0.4, -0.2) is 27.3 Å². The van der Waals surface area contributed by atoms with E-state index < -0.39 is 0 Å². The summed E-state index contributed by atoms with van der Waals surface area (Å²) < 4.78 is 5.79. The van der Waals surface area contributed by atoms with Crippen molar-refractivity contribution in [2.75, 3.05) is 6.54 Å². The van der Waals surface area contributed by atoms with Crippen LogP contribution < -0.4 is 0 Å². The van der Waals surface area contributed by atoms with Gasteiger partial charge in [-0.1, -0.05) is 36.4 Å². The number of aryl methyl sites for hydroxylation is 1. The number of amides is 1. The second kappa shape index (κ2) is 8.43. The molecule has 0 radical (unpaired) electrons. The molecule has 3 aromatic rings. The molecular weight excluding hydrogens is 326 g/mol. The van der Waals surface area contributed by atoms with Crippen LogP contribution >= 0.6 is 0 Å². The van der Waals surface area contributed by atoms with Crippen LogP contribution in [0.5, 0.6) is 0 Å². The summed E-state index contributed by atoms with van der Waals surface area (Å²) in [5.74, 6) is 1.40. The first-order valence-corrected chi connectivity index (χ1v) is 8.88. The van der Waals surface area contributed by atoms with E-state index in [-0.39, 0.29) is 11.9 Å². The summed E-state index contributed by atoms with van der Waals surface area (Å²) in [6, 6.07) is 13.7. The van der Waals surface area contributed by atoms with E-state index >= 15 is 0 Å². The molecule has 0 fully saturated rings. The molecule has 0 saturated carbocycles. The summed E-state index contributed by atoms with van der Waals surface area (Å²) in [6.45, 7) is 4.66. The van der Waals surface area contributed by atoms with E-state index in [2.05, 4.69) is 9.97 Å². The van der Waals surface area contributed by atoms with Crippen molar-refractivity contribution in [2.24, 2.45) is 0 Å². The van der Waals surface area contributed by atoms with Gasteiger partial charge in [-0.25, -0.2) is 4.98 Å². The van der Waals surface area contributed by atoms with E-state index in [1.165, 1.54) is 0 Å². The third-order valence-electron chi connectivity index (χ3n) is 4.46. The number of benzene rings is 1. The normalized spacial score (nSPS) is 11.9. The number of carbonyl (C=O) groups is 1. The molecule has 0 bridgehead atoms. The van der Waals surface area contributed by atoms with Gasteiger partial charge in [-0.05, 0) is 25.5 Å².